The highest BCUT2D eigenvalue weighted by Crippen LogP contribution is 2.41. The lowest BCUT2D eigenvalue weighted by Crippen LogP contribution is -2.23. The van der Waals surface area contributed by atoms with Crippen molar-refractivity contribution in [2.24, 2.45) is 0 Å². The minimum atomic E-state index is -3.80. The molecule has 1 N–H and O–H groups in total. The molecule has 0 amide bonds. The number of hydrogen-bond acceptors (Lipinski definition) is 3. The third-order valence-corrected chi connectivity index (χ3v) is 4.46. The molecule has 0 aromatic heterocycles. The van der Waals surface area contributed by atoms with E-state index in [0.717, 1.165) is 12.8 Å². The maximum Gasteiger partial charge on any atom is 0.261 e. The molecular formula is C11H13ClO3S. The predicted octanol–water partition coefficient (Wildman–Crippen LogP) is 2.38. The molecule has 0 heterocycles. The average molecular weight is 261 g/mol. The Bertz CT molecular complexity index is 490. The number of benzene rings is 1. The molecule has 1 aliphatic rings. The van der Waals surface area contributed by atoms with E-state index in [1.807, 2.05) is 0 Å². The lowest BCUT2D eigenvalue weighted by Gasteiger charge is -2.24. The fourth-order valence-electron chi connectivity index (χ4n) is 2.29. The van der Waals surface area contributed by atoms with Crippen LogP contribution in [0.15, 0.2) is 29.2 Å². The van der Waals surface area contributed by atoms with Crippen LogP contribution in [0, 0.1) is 0 Å². The first-order chi connectivity index (χ1) is 7.43. The summed E-state index contributed by atoms with van der Waals surface area (Å²) in [5.74, 6) is 0. The summed E-state index contributed by atoms with van der Waals surface area (Å²) in [7, 11) is 1.57. The second-order valence-corrected chi connectivity index (χ2v) is 6.71. The molecule has 0 aliphatic heterocycles. The molecule has 88 valence electrons. The molecule has 3 nitrogen and oxygen atoms in total. The highest BCUT2D eigenvalue weighted by molar-refractivity contribution is 8.13. The van der Waals surface area contributed by atoms with Gasteiger partial charge >= 0.3 is 0 Å². The minimum Gasteiger partial charge on any atom is -0.385 e. The van der Waals surface area contributed by atoms with Crippen molar-refractivity contribution >= 4 is 19.7 Å². The van der Waals surface area contributed by atoms with Gasteiger partial charge in [0.2, 0.25) is 0 Å². The molecule has 5 heteroatoms. The van der Waals surface area contributed by atoms with Crippen molar-refractivity contribution in [2.45, 2.75) is 36.2 Å². The summed E-state index contributed by atoms with van der Waals surface area (Å²) in [5, 5.41) is 10.4. The number of aliphatic hydroxyl groups is 1. The largest absolute Gasteiger partial charge is 0.385 e. The van der Waals surface area contributed by atoms with E-state index in [-0.39, 0.29) is 4.90 Å². The third kappa shape index (κ3) is 2.10. The van der Waals surface area contributed by atoms with Gasteiger partial charge in [0.25, 0.3) is 9.05 Å². The van der Waals surface area contributed by atoms with Crippen LogP contribution in [0.2, 0.25) is 0 Å². The van der Waals surface area contributed by atoms with Gasteiger partial charge < -0.3 is 5.11 Å². The number of hydrogen-bond donors (Lipinski definition) is 1. The first-order valence-electron chi connectivity index (χ1n) is 5.20. The van der Waals surface area contributed by atoms with Crippen molar-refractivity contribution < 1.29 is 13.5 Å². The van der Waals surface area contributed by atoms with Crippen molar-refractivity contribution in [1.29, 1.82) is 0 Å². The first kappa shape index (κ1) is 11.9. The van der Waals surface area contributed by atoms with Crippen LogP contribution < -0.4 is 0 Å². The van der Waals surface area contributed by atoms with Gasteiger partial charge in [0.1, 0.15) is 0 Å². The van der Waals surface area contributed by atoms with Gasteiger partial charge in [-0.2, -0.15) is 0 Å². The van der Waals surface area contributed by atoms with E-state index in [1.165, 1.54) is 6.07 Å². The Morgan fingerprint density at radius 1 is 1.19 bits per heavy atom. The van der Waals surface area contributed by atoms with Gasteiger partial charge in [0.05, 0.1) is 10.5 Å². The minimum absolute atomic E-state index is 0.0288. The van der Waals surface area contributed by atoms with Crippen LogP contribution in [-0.2, 0) is 14.7 Å². The van der Waals surface area contributed by atoms with Crippen LogP contribution in [0.4, 0.5) is 0 Å². The fraction of sp³-hybridized carbons (Fsp3) is 0.455. The Kier molecular flexibility index (Phi) is 2.99. The van der Waals surface area contributed by atoms with Crippen LogP contribution in [0.25, 0.3) is 0 Å². The van der Waals surface area contributed by atoms with Crippen molar-refractivity contribution in [3.8, 4) is 0 Å². The zero-order valence-corrected chi connectivity index (χ0v) is 10.3. The Labute approximate surface area is 99.5 Å². The summed E-state index contributed by atoms with van der Waals surface area (Å²) in [6.45, 7) is 0. The number of rotatable bonds is 2. The predicted molar refractivity (Wildman–Crippen MR) is 61.8 cm³/mol. The highest BCUT2D eigenvalue weighted by Gasteiger charge is 2.36. The molecule has 0 atom stereocenters. The van der Waals surface area contributed by atoms with Crippen molar-refractivity contribution in [3.63, 3.8) is 0 Å². The summed E-state index contributed by atoms with van der Waals surface area (Å²) in [6.07, 6.45) is 3.01. The van der Waals surface area contributed by atoms with Crippen molar-refractivity contribution in [1.82, 2.24) is 0 Å². The Balaban J connectivity index is 2.57. The fourth-order valence-corrected chi connectivity index (χ4v) is 3.46. The molecule has 1 aromatic rings. The third-order valence-electron chi connectivity index (χ3n) is 3.08. The standard InChI is InChI=1S/C11H13ClO3S/c12-16(14,15)10-6-2-1-5-9(10)11(13)7-3-4-8-11/h1-2,5-6,13H,3-4,7-8H2. The van der Waals surface area contributed by atoms with Crippen molar-refractivity contribution in [2.75, 3.05) is 0 Å². The molecule has 1 saturated carbocycles. The summed E-state index contributed by atoms with van der Waals surface area (Å²) >= 11 is 0. The monoisotopic (exact) mass is 260 g/mol. The molecule has 1 aliphatic carbocycles. The zero-order chi connectivity index (χ0) is 11.8. The topological polar surface area (TPSA) is 54.4 Å². The lowest BCUT2D eigenvalue weighted by molar-refractivity contribution is 0.0416. The van der Waals surface area contributed by atoms with Gasteiger partial charge in [-0.25, -0.2) is 8.42 Å². The highest BCUT2D eigenvalue weighted by atomic mass is 35.7. The Hall–Kier alpha value is -0.580. The molecule has 0 saturated heterocycles. The van der Waals surface area contributed by atoms with Crippen LogP contribution in [0.1, 0.15) is 31.2 Å². The molecule has 1 aromatic carbocycles. The number of halogens is 1. The van der Waals surface area contributed by atoms with Gasteiger partial charge in [0.15, 0.2) is 0 Å². The van der Waals surface area contributed by atoms with Gasteiger partial charge in [-0.3, -0.25) is 0 Å². The Morgan fingerprint density at radius 2 is 1.75 bits per heavy atom. The average Bonchev–Trinajstić information content (AvgIpc) is 2.65. The quantitative estimate of drug-likeness (QED) is 0.831. The van der Waals surface area contributed by atoms with E-state index >= 15 is 0 Å². The van der Waals surface area contributed by atoms with Gasteiger partial charge in [-0.05, 0) is 18.9 Å². The maximum atomic E-state index is 11.4. The lowest BCUT2D eigenvalue weighted by atomic mass is 9.92. The van der Waals surface area contributed by atoms with E-state index in [9.17, 15) is 13.5 Å². The molecule has 16 heavy (non-hydrogen) atoms. The summed E-state index contributed by atoms with van der Waals surface area (Å²) in [6, 6.07) is 6.41. The van der Waals surface area contributed by atoms with Gasteiger partial charge in [0, 0.05) is 16.2 Å². The van der Waals surface area contributed by atoms with Gasteiger partial charge in [-0.1, -0.05) is 31.0 Å². The molecule has 0 bridgehead atoms. The molecule has 0 unspecified atom stereocenters. The van der Waals surface area contributed by atoms with Crippen molar-refractivity contribution in [3.05, 3.63) is 29.8 Å². The zero-order valence-electron chi connectivity index (χ0n) is 8.69. The van der Waals surface area contributed by atoms with E-state index < -0.39 is 14.7 Å². The summed E-state index contributed by atoms with van der Waals surface area (Å²) < 4.78 is 22.8. The van der Waals surface area contributed by atoms with Crippen LogP contribution in [0.5, 0.6) is 0 Å². The Morgan fingerprint density at radius 3 is 2.31 bits per heavy atom. The normalized spacial score (nSPS) is 19.9. The molecule has 0 radical (unpaired) electrons. The summed E-state index contributed by atoms with van der Waals surface area (Å²) in [4.78, 5) is 0.0288. The molecule has 0 spiro atoms. The van der Waals surface area contributed by atoms with Crippen LogP contribution in [0.3, 0.4) is 0 Å². The first-order valence-corrected chi connectivity index (χ1v) is 7.51. The second-order valence-electron chi connectivity index (χ2n) is 4.17. The van der Waals surface area contributed by atoms with Gasteiger partial charge in [-0.15, -0.1) is 0 Å². The molecular weight excluding hydrogens is 248 g/mol. The summed E-state index contributed by atoms with van der Waals surface area (Å²) in [5.41, 5.74) is -0.596. The smallest absolute Gasteiger partial charge is 0.261 e. The van der Waals surface area contributed by atoms with Crippen LogP contribution >= 0.6 is 10.7 Å². The van der Waals surface area contributed by atoms with Crippen LogP contribution in [-0.4, -0.2) is 13.5 Å². The second kappa shape index (κ2) is 4.02. The van der Waals surface area contributed by atoms with E-state index in [2.05, 4.69) is 0 Å². The SMILES string of the molecule is O=S(=O)(Cl)c1ccccc1C1(O)CCCC1. The molecule has 2 rings (SSSR count). The van der Waals surface area contributed by atoms with E-state index in [0.29, 0.717) is 18.4 Å². The van der Waals surface area contributed by atoms with E-state index in [1.54, 1.807) is 18.2 Å². The maximum absolute atomic E-state index is 11.4. The van der Waals surface area contributed by atoms with E-state index in [4.69, 9.17) is 10.7 Å². The molecule has 1 fully saturated rings.